The van der Waals surface area contributed by atoms with E-state index in [1.165, 1.54) is 29.3 Å². The largest absolute Gasteiger partial charge is 0.471 e. The first-order chi connectivity index (χ1) is 13.0. The fraction of sp³-hybridized carbons (Fsp3) is 0.412. The van der Waals surface area contributed by atoms with Crippen LogP contribution in [0.15, 0.2) is 24.7 Å². The van der Waals surface area contributed by atoms with Gasteiger partial charge in [0, 0.05) is 12.7 Å². The number of esters is 1. The van der Waals surface area contributed by atoms with Crippen LogP contribution >= 0.6 is 0 Å². The Balaban J connectivity index is 1.85. The predicted molar refractivity (Wildman–Crippen MR) is 92.6 cm³/mol. The highest BCUT2D eigenvalue weighted by Gasteiger charge is 2.28. The smallest absolute Gasteiger partial charge is 0.341 e. The number of carbonyl (C=O) groups excluding carboxylic acids is 2. The van der Waals surface area contributed by atoms with Crippen LogP contribution in [0.3, 0.4) is 0 Å². The third-order valence-corrected chi connectivity index (χ3v) is 4.07. The zero-order chi connectivity index (χ0) is 19.4. The van der Waals surface area contributed by atoms with Crippen LogP contribution in [0.4, 0.5) is 4.39 Å². The van der Waals surface area contributed by atoms with E-state index < -0.39 is 24.2 Å². The Morgan fingerprint density at radius 1 is 1.44 bits per heavy atom. The minimum Gasteiger partial charge on any atom is -0.471 e. The van der Waals surface area contributed by atoms with Crippen molar-refractivity contribution < 1.29 is 23.5 Å². The molecule has 1 aliphatic rings. The second-order valence-corrected chi connectivity index (χ2v) is 5.97. The SMILES string of the molecule is CCOC(=O)c1cnn(-c2cnc(O[C@@H]3CCNC[C@H]3F)c(C(N)=O)c2)c1. The highest BCUT2D eigenvalue weighted by atomic mass is 19.1. The molecule has 0 saturated carbocycles. The molecule has 1 amide bonds. The van der Waals surface area contributed by atoms with Crippen molar-refractivity contribution in [3.05, 3.63) is 35.8 Å². The van der Waals surface area contributed by atoms with Gasteiger partial charge in [-0.25, -0.2) is 18.9 Å². The number of ether oxygens (including phenoxy) is 2. The molecular formula is C17H20FN5O4. The maximum atomic E-state index is 14.0. The van der Waals surface area contributed by atoms with E-state index in [0.29, 0.717) is 18.7 Å². The molecule has 27 heavy (non-hydrogen) atoms. The Labute approximate surface area is 154 Å². The summed E-state index contributed by atoms with van der Waals surface area (Å²) < 4.78 is 25.8. The zero-order valence-electron chi connectivity index (χ0n) is 14.7. The number of primary amides is 1. The molecule has 9 nitrogen and oxygen atoms in total. The fourth-order valence-corrected chi connectivity index (χ4v) is 2.69. The number of carbonyl (C=O) groups is 2. The van der Waals surface area contributed by atoms with Gasteiger partial charge in [-0.2, -0.15) is 5.10 Å². The van der Waals surface area contributed by atoms with E-state index in [0.717, 1.165) is 0 Å². The van der Waals surface area contributed by atoms with Gasteiger partial charge in [-0.15, -0.1) is 0 Å². The number of pyridine rings is 1. The number of aromatic nitrogens is 3. The number of hydrogen-bond donors (Lipinski definition) is 2. The Hall–Kier alpha value is -3.01. The van der Waals surface area contributed by atoms with Crippen LogP contribution in [-0.2, 0) is 4.74 Å². The van der Waals surface area contributed by atoms with Crippen LogP contribution in [0, 0.1) is 0 Å². The lowest BCUT2D eigenvalue weighted by atomic mass is 10.1. The Kier molecular flexibility index (Phi) is 5.65. The normalized spacial score (nSPS) is 19.5. The van der Waals surface area contributed by atoms with Crippen LogP contribution in [0.2, 0.25) is 0 Å². The molecular weight excluding hydrogens is 357 g/mol. The summed E-state index contributed by atoms with van der Waals surface area (Å²) in [7, 11) is 0. The monoisotopic (exact) mass is 377 g/mol. The number of nitrogens with two attached hydrogens (primary N) is 1. The van der Waals surface area contributed by atoms with E-state index in [-0.39, 0.29) is 30.2 Å². The Morgan fingerprint density at radius 3 is 2.96 bits per heavy atom. The van der Waals surface area contributed by atoms with E-state index in [9.17, 15) is 14.0 Å². The summed E-state index contributed by atoms with van der Waals surface area (Å²) in [6.07, 6.45) is 2.73. The number of nitrogens with zero attached hydrogens (tertiary/aromatic N) is 3. The van der Waals surface area contributed by atoms with Gasteiger partial charge in [0.1, 0.15) is 17.8 Å². The standard InChI is InChI=1S/C17H20FN5O4/c1-2-26-17(25)10-6-22-23(9-10)11-5-12(15(19)24)16(21-7-11)27-14-3-4-20-8-13(14)18/h5-7,9,13-14,20H,2-4,8H2,1H3,(H2,19,24)/t13-,14-/m1/s1. The van der Waals surface area contributed by atoms with Crippen molar-refractivity contribution in [3.63, 3.8) is 0 Å². The molecule has 3 N–H and O–H groups in total. The van der Waals surface area contributed by atoms with Gasteiger partial charge >= 0.3 is 5.97 Å². The maximum absolute atomic E-state index is 14.0. The molecule has 1 saturated heterocycles. The molecule has 3 rings (SSSR count). The van der Waals surface area contributed by atoms with Crippen LogP contribution < -0.4 is 15.8 Å². The lowest BCUT2D eigenvalue weighted by Gasteiger charge is -2.27. The average molecular weight is 377 g/mol. The van der Waals surface area contributed by atoms with Crippen molar-refractivity contribution in [1.29, 1.82) is 0 Å². The van der Waals surface area contributed by atoms with E-state index in [1.54, 1.807) is 6.92 Å². The lowest BCUT2D eigenvalue weighted by Crippen LogP contribution is -2.44. The molecule has 0 unspecified atom stereocenters. The van der Waals surface area contributed by atoms with Gasteiger partial charge in [-0.05, 0) is 26.0 Å². The van der Waals surface area contributed by atoms with Gasteiger partial charge in [-0.3, -0.25) is 4.79 Å². The molecule has 0 bridgehead atoms. The molecule has 2 atom stereocenters. The number of halogens is 1. The summed E-state index contributed by atoms with van der Waals surface area (Å²) in [5.41, 5.74) is 6.09. The number of hydrogen-bond acceptors (Lipinski definition) is 7. The lowest BCUT2D eigenvalue weighted by molar-refractivity contribution is 0.0526. The number of nitrogens with one attached hydrogen (secondary N) is 1. The van der Waals surface area contributed by atoms with E-state index in [2.05, 4.69) is 15.4 Å². The number of alkyl halides is 1. The van der Waals surface area contributed by atoms with Crippen molar-refractivity contribution in [3.8, 4) is 11.6 Å². The molecule has 0 aromatic carbocycles. The topological polar surface area (TPSA) is 121 Å². The van der Waals surface area contributed by atoms with Gasteiger partial charge in [0.2, 0.25) is 5.88 Å². The van der Waals surface area contributed by atoms with Crippen molar-refractivity contribution in [2.24, 2.45) is 5.73 Å². The minimum absolute atomic E-state index is 0.00594. The molecule has 3 heterocycles. The number of piperidine rings is 1. The van der Waals surface area contributed by atoms with Crippen LogP contribution in [0.1, 0.15) is 34.1 Å². The maximum Gasteiger partial charge on any atom is 0.341 e. The second-order valence-electron chi connectivity index (χ2n) is 5.97. The Bertz CT molecular complexity index is 840. The highest BCUT2D eigenvalue weighted by Crippen LogP contribution is 2.23. The predicted octanol–water partition coefficient (Wildman–Crippen LogP) is 0.622. The molecule has 10 heteroatoms. The number of amides is 1. The first-order valence-electron chi connectivity index (χ1n) is 8.53. The molecule has 0 aliphatic carbocycles. The molecule has 0 radical (unpaired) electrons. The van der Waals surface area contributed by atoms with Crippen molar-refractivity contribution in [2.75, 3.05) is 19.7 Å². The van der Waals surface area contributed by atoms with Gasteiger partial charge in [-0.1, -0.05) is 0 Å². The van der Waals surface area contributed by atoms with Gasteiger partial charge in [0.15, 0.2) is 0 Å². The fourth-order valence-electron chi connectivity index (χ4n) is 2.69. The van der Waals surface area contributed by atoms with Crippen LogP contribution in [-0.4, -0.2) is 58.6 Å². The quantitative estimate of drug-likeness (QED) is 0.708. The third kappa shape index (κ3) is 4.22. The zero-order valence-corrected chi connectivity index (χ0v) is 14.7. The van der Waals surface area contributed by atoms with Gasteiger partial charge in [0.05, 0.1) is 30.3 Å². The summed E-state index contributed by atoms with van der Waals surface area (Å²) >= 11 is 0. The first kappa shape index (κ1) is 18.8. The first-order valence-corrected chi connectivity index (χ1v) is 8.53. The third-order valence-electron chi connectivity index (χ3n) is 4.07. The molecule has 2 aromatic rings. The minimum atomic E-state index is -1.21. The van der Waals surface area contributed by atoms with Crippen molar-refractivity contribution in [2.45, 2.75) is 25.6 Å². The molecule has 144 valence electrons. The summed E-state index contributed by atoms with van der Waals surface area (Å²) in [4.78, 5) is 27.7. The van der Waals surface area contributed by atoms with Gasteiger partial charge in [0.25, 0.3) is 5.91 Å². The summed E-state index contributed by atoms with van der Waals surface area (Å²) in [6.45, 7) is 2.74. The number of rotatable bonds is 6. The average Bonchev–Trinajstić information content (AvgIpc) is 3.14. The van der Waals surface area contributed by atoms with Crippen molar-refractivity contribution in [1.82, 2.24) is 20.1 Å². The highest BCUT2D eigenvalue weighted by molar-refractivity contribution is 5.95. The molecule has 0 spiro atoms. The van der Waals surface area contributed by atoms with Crippen LogP contribution in [0.5, 0.6) is 5.88 Å². The van der Waals surface area contributed by atoms with E-state index >= 15 is 0 Å². The van der Waals surface area contributed by atoms with E-state index in [1.807, 2.05) is 0 Å². The second kappa shape index (κ2) is 8.12. The Morgan fingerprint density at radius 2 is 2.26 bits per heavy atom. The van der Waals surface area contributed by atoms with Crippen LogP contribution in [0.25, 0.3) is 5.69 Å². The van der Waals surface area contributed by atoms with Crippen molar-refractivity contribution >= 4 is 11.9 Å². The van der Waals surface area contributed by atoms with Gasteiger partial charge < -0.3 is 20.5 Å². The molecule has 1 aliphatic heterocycles. The molecule has 2 aromatic heterocycles. The van der Waals surface area contributed by atoms with E-state index in [4.69, 9.17) is 15.2 Å². The molecule has 1 fully saturated rings. The summed E-state index contributed by atoms with van der Waals surface area (Å²) in [5, 5.41) is 6.98. The summed E-state index contributed by atoms with van der Waals surface area (Å²) in [6, 6.07) is 1.43. The summed E-state index contributed by atoms with van der Waals surface area (Å²) in [5.74, 6) is -1.30.